The van der Waals surface area contributed by atoms with Gasteiger partial charge in [-0.3, -0.25) is 9.59 Å². The molecule has 0 N–H and O–H groups in total. The van der Waals surface area contributed by atoms with Crippen LogP contribution in [0.3, 0.4) is 0 Å². The van der Waals surface area contributed by atoms with E-state index in [0.717, 1.165) is 22.1 Å². The number of carbonyl (C=O) groups excluding carboxylic acids is 2. The molecule has 146 valence electrons. The van der Waals surface area contributed by atoms with Crippen LogP contribution in [-0.4, -0.2) is 18.7 Å². The van der Waals surface area contributed by atoms with Crippen molar-refractivity contribution in [2.24, 2.45) is 0 Å². The van der Waals surface area contributed by atoms with Gasteiger partial charge in [0.2, 0.25) is 0 Å². The van der Waals surface area contributed by atoms with Gasteiger partial charge in [-0.05, 0) is 23.1 Å². The van der Waals surface area contributed by atoms with Crippen LogP contribution in [0.1, 0.15) is 37.4 Å². The highest BCUT2D eigenvalue weighted by atomic mass is 16.5. The summed E-state index contributed by atoms with van der Waals surface area (Å²) < 4.78 is 11.5. The molecular weight excluding hydrogens is 376 g/mol. The van der Waals surface area contributed by atoms with Crippen molar-refractivity contribution in [2.75, 3.05) is 7.11 Å². The molecule has 0 bridgehead atoms. The molecule has 0 saturated carbocycles. The van der Waals surface area contributed by atoms with Crippen molar-refractivity contribution in [3.63, 3.8) is 0 Å². The zero-order valence-corrected chi connectivity index (χ0v) is 16.3. The van der Waals surface area contributed by atoms with Crippen LogP contribution in [0, 0.1) is 0 Å². The summed E-state index contributed by atoms with van der Waals surface area (Å²) in [6.07, 6.45) is 0. The SMILES string of the molecule is COc1ccc(COc2cccc3c2C(=O)c2ccccc2C3=O)c2ccccc12. The van der Waals surface area contributed by atoms with Crippen molar-refractivity contribution in [1.29, 1.82) is 0 Å². The van der Waals surface area contributed by atoms with E-state index in [1.54, 1.807) is 49.6 Å². The summed E-state index contributed by atoms with van der Waals surface area (Å²) >= 11 is 0. The van der Waals surface area contributed by atoms with E-state index in [1.807, 2.05) is 36.4 Å². The fourth-order valence-corrected chi connectivity index (χ4v) is 4.03. The normalized spacial score (nSPS) is 12.4. The van der Waals surface area contributed by atoms with Gasteiger partial charge in [0, 0.05) is 22.1 Å². The number of fused-ring (bicyclic) bond motifs is 3. The molecule has 0 radical (unpaired) electrons. The second kappa shape index (κ2) is 7.16. The molecule has 0 aromatic heterocycles. The van der Waals surface area contributed by atoms with E-state index >= 15 is 0 Å². The first-order chi connectivity index (χ1) is 14.7. The van der Waals surface area contributed by atoms with Crippen molar-refractivity contribution in [3.05, 3.63) is 107 Å². The molecule has 4 aromatic rings. The largest absolute Gasteiger partial charge is 0.496 e. The third-order valence-corrected chi connectivity index (χ3v) is 5.49. The third kappa shape index (κ3) is 2.77. The first-order valence-electron chi connectivity index (χ1n) is 9.68. The van der Waals surface area contributed by atoms with Gasteiger partial charge < -0.3 is 9.47 Å². The van der Waals surface area contributed by atoms with E-state index in [2.05, 4.69) is 0 Å². The van der Waals surface area contributed by atoms with E-state index < -0.39 is 0 Å². The van der Waals surface area contributed by atoms with Gasteiger partial charge in [0.15, 0.2) is 11.6 Å². The molecule has 0 heterocycles. The lowest BCUT2D eigenvalue weighted by atomic mass is 9.83. The first-order valence-corrected chi connectivity index (χ1v) is 9.68. The molecule has 1 aliphatic rings. The van der Waals surface area contributed by atoms with Crippen molar-refractivity contribution < 1.29 is 19.1 Å². The quantitative estimate of drug-likeness (QED) is 0.420. The van der Waals surface area contributed by atoms with Gasteiger partial charge in [-0.1, -0.05) is 66.7 Å². The van der Waals surface area contributed by atoms with Gasteiger partial charge in [0.1, 0.15) is 18.1 Å². The number of ether oxygens (including phenoxy) is 2. The van der Waals surface area contributed by atoms with E-state index in [4.69, 9.17) is 9.47 Å². The molecule has 0 atom stereocenters. The van der Waals surface area contributed by atoms with Crippen molar-refractivity contribution in [2.45, 2.75) is 6.61 Å². The maximum Gasteiger partial charge on any atom is 0.198 e. The minimum absolute atomic E-state index is 0.152. The predicted octanol–water partition coefficient (Wildman–Crippen LogP) is 5.20. The molecule has 0 amide bonds. The maximum atomic E-state index is 13.1. The zero-order chi connectivity index (χ0) is 20.7. The van der Waals surface area contributed by atoms with Crippen LogP contribution < -0.4 is 9.47 Å². The number of carbonyl (C=O) groups is 2. The maximum absolute atomic E-state index is 13.1. The molecule has 0 unspecified atom stereocenters. The molecule has 5 rings (SSSR count). The number of benzene rings is 4. The average molecular weight is 394 g/mol. The van der Waals surface area contributed by atoms with Crippen LogP contribution in [0.5, 0.6) is 11.5 Å². The fraction of sp³-hybridized carbons (Fsp3) is 0.0769. The summed E-state index contributed by atoms with van der Waals surface area (Å²) in [7, 11) is 1.65. The Morgan fingerprint density at radius 2 is 1.30 bits per heavy atom. The van der Waals surface area contributed by atoms with Gasteiger partial charge in [0.05, 0.1) is 12.7 Å². The Balaban J connectivity index is 1.53. The summed E-state index contributed by atoms with van der Waals surface area (Å²) in [6.45, 7) is 0.268. The second-order valence-corrected chi connectivity index (χ2v) is 7.14. The number of rotatable bonds is 4. The monoisotopic (exact) mass is 394 g/mol. The molecular formula is C26H18O4. The summed E-state index contributed by atoms with van der Waals surface area (Å²) in [6, 6.07) is 23.9. The average Bonchev–Trinajstić information content (AvgIpc) is 2.80. The third-order valence-electron chi connectivity index (χ3n) is 5.49. The van der Waals surface area contributed by atoms with E-state index in [-0.39, 0.29) is 18.2 Å². The fourth-order valence-electron chi connectivity index (χ4n) is 4.03. The van der Waals surface area contributed by atoms with Crippen LogP contribution in [0.4, 0.5) is 0 Å². The minimum atomic E-state index is -0.185. The molecule has 4 nitrogen and oxygen atoms in total. The zero-order valence-electron chi connectivity index (χ0n) is 16.3. The highest BCUT2D eigenvalue weighted by Crippen LogP contribution is 2.34. The smallest absolute Gasteiger partial charge is 0.198 e. The lowest BCUT2D eigenvalue weighted by Gasteiger charge is -2.20. The molecule has 4 aromatic carbocycles. The molecule has 30 heavy (non-hydrogen) atoms. The molecule has 4 heteroatoms. The number of ketones is 2. The molecule has 0 saturated heterocycles. The lowest BCUT2D eigenvalue weighted by molar-refractivity contribution is 0.0975. The van der Waals surface area contributed by atoms with Crippen LogP contribution in [0.25, 0.3) is 10.8 Å². The first kappa shape index (κ1) is 18.1. The molecule has 0 fully saturated rings. The van der Waals surface area contributed by atoms with Gasteiger partial charge in [-0.15, -0.1) is 0 Å². The Morgan fingerprint density at radius 3 is 2.07 bits per heavy atom. The van der Waals surface area contributed by atoms with Gasteiger partial charge in [-0.2, -0.15) is 0 Å². The Bertz CT molecular complexity index is 1320. The predicted molar refractivity (Wildman–Crippen MR) is 115 cm³/mol. The molecule has 0 aliphatic heterocycles. The van der Waals surface area contributed by atoms with E-state index in [1.165, 1.54) is 0 Å². The highest BCUT2D eigenvalue weighted by Gasteiger charge is 2.31. The number of methoxy groups -OCH3 is 1. The second-order valence-electron chi connectivity index (χ2n) is 7.14. The molecule has 1 aliphatic carbocycles. The minimum Gasteiger partial charge on any atom is -0.496 e. The van der Waals surface area contributed by atoms with E-state index in [0.29, 0.717) is 28.0 Å². The number of hydrogen-bond donors (Lipinski definition) is 0. The van der Waals surface area contributed by atoms with Crippen molar-refractivity contribution >= 4 is 22.3 Å². The van der Waals surface area contributed by atoms with Crippen LogP contribution >= 0.6 is 0 Å². The molecule has 0 spiro atoms. The van der Waals surface area contributed by atoms with Gasteiger partial charge >= 0.3 is 0 Å². The summed E-state index contributed by atoms with van der Waals surface area (Å²) in [4.78, 5) is 26.0. The summed E-state index contributed by atoms with van der Waals surface area (Å²) in [5.41, 5.74) is 2.54. The standard InChI is InChI=1S/C26H18O4/c1-29-22-14-13-16(17-7-2-3-8-18(17)22)15-30-23-12-6-11-21-24(23)26(28)20-10-5-4-9-19(20)25(21)27/h2-14H,15H2,1H3. The van der Waals surface area contributed by atoms with Crippen molar-refractivity contribution in [3.8, 4) is 11.5 Å². The Morgan fingerprint density at radius 1 is 0.633 bits per heavy atom. The lowest BCUT2D eigenvalue weighted by Crippen LogP contribution is -2.21. The summed E-state index contributed by atoms with van der Waals surface area (Å²) in [5, 5.41) is 2.02. The Kier molecular flexibility index (Phi) is 4.32. The number of hydrogen-bond acceptors (Lipinski definition) is 4. The van der Waals surface area contributed by atoms with Crippen LogP contribution in [-0.2, 0) is 6.61 Å². The van der Waals surface area contributed by atoms with Crippen molar-refractivity contribution in [1.82, 2.24) is 0 Å². The van der Waals surface area contributed by atoms with Gasteiger partial charge in [0.25, 0.3) is 0 Å². The topological polar surface area (TPSA) is 52.6 Å². The highest BCUT2D eigenvalue weighted by molar-refractivity contribution is 6.29. The van der Waals surface area contributed by atoms with E-state index in [9.17, 15) is 9.59 Å². The Hall–Kier alpha value is -3.92. The van der Waals surface area contributed by atoms with Gasteiger partial charge in [-0.25, -0.2) is 0 Å². The Labute approximate surface area is 173 Å². The summed E-state index contributed by atoms with van der Waals surface area (Å²) in [5.74, 6) is 0.875. The van der Waals surface area contributed by atoms with Crippen LogP contribution in [0.15, 0.2) is 78.9 Å². The van der Waals surface area contributed by atoms with Crippen LogP contribution in [0.2, 0.25) is 0 Å².